The minimum Gasteiger partial charge on any atom is -0.506 e. The summed E-state index contributed by atoms with van der Waals surface area (Å²) in [6.45, 7) is 1.58. The molecule has 0 amide bonds. The minimum absolute atomic E-state index is 0.0581. The lowest BCUT2D eigenvalue weighted by Crippen LogP contribution is -2.29. The molecule has 0 bridgehead atoms. The number of unbranched alkanes of at least 4 members (excludes halogenated alkanes) is 1. The maximum absolute atomic E-state index is 12.0. The van der Waals surface area contributed by atoms with Gasteiger partial charge in [-0.1, -0.05) is 18.2 Å². The third kappa shape index (κ3) is 3.75. The number of carbonyl (C=O) groups is 1. The second-order valence-electron chi connectivity index (χ2n) is 6.35. The summed E-state index contributed by atoms with van der Waals surface area (Å²) in [6.07, 6.45) is 4.10. The van der Waals surface area contributed by atoms with Gasteiger partial charge >= 0.3 is 10.2 Å². The smallest absolute Gasteiger partial charge is 0.330 e. The number of aromatic hydroxyl groups is 1. The summed E-state index contributed by atoms with van der Waals surface area (Å²) >= 11 is 0. The predicted molar refractivity (Wildman–Crippen MR) is 99.1 cm³/mol. The summed E-state index contributed by atoms with van der Waals surface area (Å²) in [5.41, 5.74) is 1.13. The van der Waals surface area contributed by atoms with E-state index in [1.165, 1.54) is 6.07 Å². The molecule has 2 aromatic carbocycles. The Balaban J connectivity index is 1.89. The maximum Gasteiger partial charge on any atom is 0.330 e. The van der Waals surface area contributed by atoms with Crippen LogP contribution in [0.2, 0.25) is 0 Å². The van der Waals surface area contributed by atoms with Crippen molar-refractivity contribution in [2.24, 2.45) is 0 Å². The average Bonchev–Trinajstić information content (AvgIpc) is 2.83. The molecule has 0 unspecified atom stereocenters. The fourth-order valence-corrected chi connectivity index (χ4v) is 4.00. The molecule has 1 aliphatic rings. The van der Waals surface area contributed by atoms with Gasteiger partial charge in [-0.25, -0.2) is 9.03 Å². The van der Waals surface area contributed by atoms with Gasteiger partial charge in [0.15, 0.2) is 0 Å². The highest BCUT2D eigenvalue weighted by atomic mass is 32.2. The SMILES string of the molecule is CC(=O)CCCCc1ccc2cc(O)c(N3C=C(O)NS3(=O)=O)cc2c1. The molecule has 0 spiro atoms. The number of carbonyl (C=O) groups excluding carboxylic acids is 1. The zero-order chi connectivity index (χ0) is 18.9. The zero-order valence-electron chi connectivity index (χ0n) is 14.3. The minimum atomic E-state index is -3.97. The maximum atomic E-state index is 12.0. The normalized spacial score (nSPS) is 15.7. The van der Waals surface area contributed by atoms with Crippen molar-refractivity contribution in [2.45, 2.75) is 32.6 Å². The van der Waals surface area contributed by atoms with Crippen molar-refractivity contribution < 1.29 is 23.4 Å². The van der Waals surface area contributed by atoms with Gasteiger partial charge in [-0.2, -0.15) is 8.42 Å². The Morgan fingerprint density at radius 1 is 1.12 bits per heavy atom. The van der Waals surface area contributed by atoms with Crippen molar-refractivity contribution in [1.29, 1.82) is 0 Å². The van der Waals surface area contributed by atoms with Crippen molar-refractivity contribution >= 4 is 32.5 Å². The summed E-state index contributed by atoms with van der Waals surface area (Å²) in [4.78, 5) is 11.0. The van der Waals surface area contributed by atoms with E-state index in [0.717, 1.165) is 46.1 Å². The van der Waals surface area contributed by atoms with E-state index in [1.54, 1.807) is 13.0 Å². The first-order chi connectivity index (χ1) is 12.3. The number of aryl methyl sites for hydroxylation is 1. The monoisotopic (exact) mass is 376 g/mol. The third-order valence-electron chi connectivity index (χ3n) is 4.21. The largest absolute Gasteiger partial charge is 0.506 e. The van der Waals surface area contributed by atoms with E-state index in [9.17, 15) is 23.4 Å². The molecule has 0 radical (unpaired) electrons. The summed E-state index contributed by atoms with van der Waals surface area (Å²) in [6, 6.07) is 8.81. The summed E-state index contributed by atoms with van der Waals surface area (Å²) in [5, 5.41) is 21.2. The highest BCUT2D eigenvalue weighted by molar-refractivity contribution is 7.91. The van der Waals surface area contributed by atoms with Gasteiger partial charge in [0.2, 0.25) is 5.88 Å². The van der Waals surface area contributed by atoms with E-state index >= 15 is 0 Å². The Morgan fingerprint density at radius 3 is 2.54 bits per heavy atom. The number of ketones is 1. The molecule has 0 aliphatic carbocycles. The van der Waals surface area contributed by atoms with Gasteiger partial charge in [0.05, 0.1) is 6.20 Å². The van der Waals surface area contributed by atoms with Crippen LogP contribution in [0.3, 0.4) is 0 Å². The molecule has 3 rings (SSSR count). The van der Waals surface area contributed by atoms with Crippen LogP contribution in [-0.4, -0.2) is 24.4 Å². The standard InChI is InChI=1S/C18H20N2O5S/c1-12(21)4-2-3-5-13-6-7-14-10-17(22)16(9-15(14)8-13)20-11-18(23)19-26(20,24)25/h6-11,19,22-23H,2-5H2,1H3. The molecule has 0 aromatic heterocycles. The molecule has 3 N–H and O–H groups in total. The number of Topliss-reactive ketones (excluding diaryl/α,β-unsaturated/α-hetero) is 1. The van der Waals surface area contributed by atoms with Crippen LogP contribution in [0.1, 0.15) is 31.7 Å². The highest BCUT2D eigenvalue weighted by Gasteiger charge is 2.30. The van der Waals surface area contributed by atoms with Crippen LogP contribution in [0.15, 0.2) is 42.4 Å². The molecule has 7 nitrogen and oxygen atoms in total. The Kier molecular flexibility index (Phi) is 4.78. The molecule has 1 aliphatic heterocycles. The number of phenols is 1. The van der Waals surface area contributed by atoms with E-state index < -0.39 is 16.1 Å². The lowest BCUT2D eigenvalue weighted by molar-refractivity contribution is -0.117. The van der Waals surface area contributed by atoms with E-state index in [4.69, 9.17) is 0 Å². The number of nitrogens with zero attached hydrogens (tertiary/aromatic N) is 1. The molecule has 0 fully saturated rings. The van der Waals surface area contributed by atoms with Gasteiger partial charge in [-0.05, 0) is 54.7 Å². The molecule has 2 aromatic rings. The predicted octanol–water partition coefficient (Wildman–Crippen LogP) is 2.86. The molecular weight excluding hydrogens is 356 g/mol. The number of aliphatic hydroxyl groups excluding tert-OH is 1. The second-order valence-corrected chi connectivity index (χ2v) is 7.90. The quantitative estimate of drug-likeness (QED) is 0.672. The summed E-state index contributed by atoms with van der Waals surface area (Å²) < 4.78 is 26.8. The number of hydrogen-bond acceptors (Lipinski definition) is 5. The third-order valence-corrected chi connectivity index (χ3v) is 5.50. The first-order valence-electron chi connectivity index (χ1n) is 8.24. The van der Waals surface area contributed by atoms with Gasteiger partial charge in [0, 0.05) is 6.42 Å². The summed E-state index contributed by atoms with van der Waals surface area (Å²) in [7, 11) is -3.97. The van der Waals surface area contributed by atoms with Crippen molar-refractivity contribution in [3.8, 4) is 5.75 Å². The van der Waals surface area contributed by atoms with Crippen LogP contribution in [0.25, 0.3) is 10.8 Å². The van der Waals surface area contributed by atoms with Crippen molar-refractivity contribution in [3.63, 3.8) is 0 Å². The van der Waals surface area contributed by atoms with Crippen LogP contribution in [0.4, 0.5) is 5.69 Å². The van der Waals surface area contributed by atoms with Crippen LogP contribution in [-0.2, 0) is 21.4 Å². The Bertz CT molecular complexity index is 998. The van der Waals surface area contributed by atoms with Gasteiger partial charge in [0.25, 0.3) is 0 Å². The van der Waals surface area contributed by atoms with E-state index in [0.29, 0.717) is 6.42 Å². The number of anilines is 1. The van der Waals surface area contributed by atoms with Gasteiger partial charge in [-0.15, -0.1) is 0 Å². The Hall–Kier alpha value is -2.74. The van der Waals surface area contributed by atoms with Crippen LogP contribution < -0.4 is 9.03 Å². The molecular formula is C18H20N2O5S. The molecule has 0 atom stereocenters. The van der Waals surface area contributed by atoms with Gasteiger partial charge in [-0.3, -0.25) is 0 Å². The van der Waals surface area contributed by atoms with Gasteiger partial charge in [0.1, 0.15) is 17.2 Å². The molecule has 26 heavy (non-hydrogen) atoms. The van der Waals surface area contributed by atoms with E-state index in [-0.39, 0.29) is 17.2 Å². The van der Waals surface area contributed by atoms with Crippen molar-refractivity contribution in [2.75, 3.05) is 4.31 Å². The highest BCUT2D eigenvalue weighted by Crippen LogP contribution is 2.36. The van der Waals surface area contributed by atoms with Crippen LogP contribution in [0.5, 0.6) is 5.75 Å². The average molecular weight is 376 g/mol. The van der Waals surface area contributed by atoms with E-state index in [1.807, 2.05) is 22.9 Å². The fraction of sp³-hybridized carbons (Fsp3) is 0.278. The number of phenolic OH excluding ortho intramolecular Hbond substituents is 1. The summed E-state index contributed by atoms with van der Waals surface area (Å²) in [5.74, 6) is -0.535. The lowest BCUT2D eigenvalue weighted by atomic mass is 10.0. The number of aliphatic hydroxyl groups is 1. The molecule has 138 valence electrons. The van der Waals surface area contributed by atoms with Crippen LogP contribution in [0, 0.1) is 0 Å². The number of benzene rings is 2. The van der Waals surface area contributed by atoms with Crippen molar-refractivity contribution in [3.05, 3.63) is 48.0 Å². The number of rotatable bonds is 6. The second kappa shape index (κ2) is 6.87. The molecule has 0 saturated heterocycles. The number of fused-ring (bicyclic) bond motifs is 1. The fourth-order valence-electron chi connectivity index (χ4n) is 2.95. The van der Waals surface area contributed by atoms with Gasteiger partial charge < -0.3 is 15.0 Å². The van der Waals surface area contributed by atoms with Crippen molar-refractivity contribution in [1.82, 2.24) is 4.72 Å². The Morgan fingerprint density at radius 2 is 1.88 bits per heavy atom. The zero-order valence-corrected chi connectivity index (χ0v) is 15.1. The van der Waals surface area contributed by atoms with E-state index in [2.05, 4.69) is 0 Å². The lowest BCUT2D eigenvalue weighted by Gasteiger charge is -2.16. The first-order valence-corrected chi connectivity index (χ1v) is 9.68. The Labute approximate surface area is 151 Å². The molecule has 8 heteroatoms. The number of hydrogen-bond donors (Lipinski definition) is 3. The first kappa shape index (κ1) is 18.1. The topological polar surface area (TPSA) is 107 Å². The van der Waals surface area contributed by atoms with Crippen LogP contribution >= 0.6 is 0 Å². The molecule has 0 saturated carbocycles. The molecule has 1 heterocycles. The number of nitrogens with one attached hydrogen (secondary N) is 1.